The highest BCUT2D eigenvalue weighted by Gasteiger charge is 2.34. The molecule has 0 bridgehead atoms. The van der Waals surface area contributed by atoms with Crippen molar-refractivity contribution in [2.75, 3.05) is 33.7 Å². The molecule has 2 amide bonds. The number of hydrogen-bond donors (Lipinski definition) is 0. The van der Waals surface area contributed by atoms with E-state index in [2.05, 4.69) is 0 Å². The van der Waals surface area contributed by atoms with Crippen LogP contribution in [-0.2, 0) is 32.5 Å². The van der Waals surface area contributed by atoms with Crippen LogP contribution in [0.15, 0.2) is 23.1 Å². The quantitative estimate of drug-likeness (QED) is 0.634. The second kappa shape index (κ2) is 10.1. The highest BCUT2D eigenvalue weighted by molar-refractivity contribution is 7.89. The average Bonchev–Trinajstić information content (AvgIpc) is 3.31. The number of carbonyl (C=O) groups is 2. The predicted octanol–water partition coefficient (Wildman–Crippen LogP) is 2.83. The van der Waals surface area contributed by atoms with Gasteiger partial charge in [0.1, 0.15) is 0 Å². The van der Waals surface area contributed by atoms with Crippen LogP contribution in [0.3, 0.4) is 0 Å². The lowest BCUT2D eigenvalue weighted by Crippen LogP contribution is -2.47. The molecule has 2 aliphatic carbocycles. The summed E-state index contributed by atoms with van der Waals surface area (Å²) in [6.45, 7) is 0.749. The molecule has 3 aliphatic rings. The van der Waals surface area contributed by atoms with Crippen molar-refractivity contribution >= 4 is 21.8 Å². The second-order valence-electron chi connectivity index (χ2n) is 9.95. The van der Waals surface area contributed by atoms with Crippen LogP contribution in [0.1, 0.15) is 62.5 Å². The lowest BCUT2D eigenvalue weighted by Gasteiger charge is -2.34. The summed E-state index contributed by atoms with van der Waals surface area (Å²) in [5.74, 6) is -0.321. The number of aryl methyl sites for hydroxylation is 2. The summed E-state index contributed by atoms with van der Waals surface area (Å²) in [6.07, 6.45) is 9.64. The van der Waals surface area contributed by atoms with Crippen molar-refractivity contribution in [1.29, 1.82) is 0 Å². The largest absolute Gasteiger partial charge is 0.341 e. The number of piperidine rings is 1. The molecule has 0 spiro atoms. The van der Waals surface area contributed by atoms with E-state index in [4.69, 9.17) is 0 Å². The van der Waals surface area contributed by atoms with E-state index in [9.17, 15) is 18.0 Å². The normalized spacial score (nSPS) is 20.4. The van der Waals surface area contributed by atoms with Crippen LogP contribution >= 0.6 is 0 Å². The van der Waals surface area contributed by atoms with Crippen LogP contribution in [0.5, 0.6) is 0 Å². The van der Waals surface area contributed by atoms with Crippen molar-refractivity contribution in [2.24, 2.45) is 5.92 Å². The van der Waals surface area contributed by atoms with Crippen molar-refractivity contribution < 1.29 is 18.0 Å². The zero-order valence-corrected chi connectivity index (χ0v) is 20.8. The van der Waals surface area contributed by atoms with Crippen molar-refractivity contribution in [1.82, 2.24) is 14.1 Å². The number of benzene rings is 1. The van der Waals surface area contributed by atoms with Gasteiger partial charge in [0.25, 0.3) is 0 Å². The van der Waals surface area contributed by atoms with Crippen molar-refractivity contribution in [3.05, 3.63) is 29.3 Å². The lowest BCUT2D eigenvalue weighted by molar-refractivity contribution is -0.143. The molecule has 1 saturated heterocycles. The predicted molar refractivity (Wildman–Crippen MR) is 127 cm³/mol. The maximum atomic E-state index is 13.1. The van der Waals surface area contributed by atoms with Gasteiger partial charge in [-0.15, -0.1) is 0 Å². The van der Waals surface area contributed by atoms with E-state index in [1.54, 1.807) is 13.1 Å². The summed E-state index contributed by atoms with van der Waals surface area (Å²) in [4.78, 5) is 29.4. The van der Waals surface area contributed by atoms with E-state index in [1.165, 1.54) is 21.2 Å². The first-order valence-electron chi connectivity index (χ1n) is 12.4. The van der Waals surface area contributed by atoms with Crippen LogP contribution in [0.2, 0.25) is 0 Å². The van der Waals surface area contributed by atoms with Gasteiger partial charge in [0.05, 0.1) is 11.4 Å². The Balaban J connectivity index is 1.30. The number of carbonyl (C=O) groups excluding carboxylic acids is 2. The van der Waals surface area contributed by atoms with Gasteiger partial charge >= 0.3 is 0 Å². The highest BCUT2D eigenvalue weighted by atomic mass is 32.2. The maximum Gasteiger partial charge on any atom is 0.243 e. The molecule has 1 saturated carbocycles. The zero-order chi connectivity index (χ0) is 23.6. The van der Waals surface area contributed by atoms with E-state index < -0.39 is 10.0 Å². The van der Waals surface area contributed by atoms with Gasteiger partial charge in [-0.05, 0) is 68.2 Å². The molecule has 1 aliphatic heterocycles. The Bertz CT molecular complexity index is 979. The van der Waals surface area contributed by atoms with Gasteiger partial charge in [0.15, 0.2) is 0 Å². The Kier molecular flexibility index (Phi) is 7.43. The lowest BCUT2D eigenvalue weighted by atomic mass is 9.94. The first-order valence-corrected chi connectivity index (χ1v) is 13.8. The highest BCUT2D eigenvalue weighted by Crippen LogP contribution is 2.29. The molecule has 0 radical (unpaired) electrons. The van der Waals surface area contributed by atoms with E-state index in [0.717, 1.165) is 50.5 Å². The Labute approximate surface area is 198 Å². The Hall–Kier alpha value is -1.93. The van der Waals surface area contributed by atoms with E-state index >= 15 is 0 Å². The summed E-state index contributed by atoms with van der Waals surface area (Å²) >= 11 is 0. The molecule has 4 rings (SSSR count). The number of amides is 2. The molecule has 8 heteroatoms. The van der Waals surface area contributed by atoms with Crippen LogP contribution in [0.4, 0.5) is 0 Å². The molecule has 0 atom stereocenters. The monoisotopic (exact) mass is 475 g/mol. The molecule has 2 fully saturated rings. The Morgan fingerprint density at radius 3 is 2.30 bits per heavy atom. The van der Waals surface area contributed by atoms with Gasteiger partial charge in [-0.2, -0.15) is 4.31 Å². The fraction of sp³-hybridized carbons (Fsp3) is 0.680. The third-order valence-corrected chi connectivity index (χ3v) is 9.67. The fourth-order valence-corrected chi connectivity index (χ4v) is 7.10. The van der Waals surface area contributed by atoms with Crippen molar-refractivity contribution in [2.45, 2.75) is 75.1 Å². The molecule has 182 valence electrons. The summed E-state index contributed by atoms with van der Waals surface area (Å²) < 4.78 is 27.8. The number of sulfonamides is 1. The first kappa shape index (κ1) is 24.2. The van der Waals surface area contributed by atoms with Gasteiger partial charge in [0.2, 0.25) is 21.8 Å². The van der Waals surface area contributed by atoms with Crippen LogP contribution in [-0.4, -0.2) is 74.1 Å². The van der Waals surface area contributed by atoms with Gasteiger partial charge < -0.3 is 9.80 Å². The molecule has 0 N–H and O–H groups in total. The van der Waals surface area contributed by atoms with Crippen LogP contribution < -0.4 is 0 Å². The SMILES string of the molecule is CN(CC(=O)N(C)C1CCCCC1)C(=O)C1CCN(S(=O)(=O)c2ccc3c(c2)CCC3)CC1. The Morgan fingerprint density at radius 2 is 1.61 bits per heavy atom. The summed E-state index contributed by atoms with van der Waals surface area (Å²) in [7, 11) is -0.0187. The van der Waals surface area contributed by atoms with Gasteiger partial charge in [-0.25, -0.2) is 8.42 Å². The van der Waals surface area contributed by atoms with Gasteiger partial charge in [-0.3, -0.25) is 9.59 Å². The molecular weight excluding hydrogens is 438 g/mol. The number of nitrogens with zero attached hydrogens (tertiary/aromatic N) is 3. The molecular formula is C25H37N3O4S. The van der Waals surface area contributed by atoms with Gasteiger partial charge in [0, 0.05) is 39.1 Å². The first-order chi connectivity index (χ1) is 15.8. The summed E-state index contributed by atoms with van der Waals surface area (Å²) in [5.41, 5.74) is 2.40. The molecule has 0 unspecified atom stereocenters. The minimum atomic E-state index is -3.55. The maximum absolute atomic E-state index is 13.1. The number of hydrogen-bond acceptors (Lipinski definition) is 4. The molecule has 1 heterocycles. The van der Waals surface area contributed by atoms with Crippen LogP contribution in [0, 0.1) is 5.92 Å². The molecule has 0 aromatic heterocycles. The Morgan fingerprint density at radius 1 is 0.939 bits per heavy atom. The minimum Gasteiger partial charge on any atom is -0.341 e. The smallest absolute Gasteiger partial charge is 0.243 e. The number of fused-ring (bicyclic) bond motifs is 1. The summed E-state index contributed by atoms with van der Waals surface area (Å²) in [5, 5.41) is 0. The number of likely N-dealkylation sites (N-methyl/N-ethyl adjacent to an activating group) is 2. The molecule has 1 aromatic rings. The zero-order valence-electron chi connectivity index (χ0n) is 20.0. The second-order valence-corrected chi connectivity index (χ2v) is 11.9. The topological polar surface area (TPSA) is 78.0 Å². The van der Waals surface area contributed by atoms with Crippen molar-refractivity contribution in [3.8, 4) is 0 Å². The van der Waals surface area contributed by atoms with E-state index in [1.807, 2.05) is 24.1 Å². The molecule has 33 heavy (non-hydrogen) atoms. The number of rotatable bonds is 6. The average molecular weight is 476 g/mol. The van der Waals surface area contributed by atoms with Gasteiger partial charge in [-0.1, -0.05) is 25.3 Å². The minimum absolute atomic E-state index is 0.0191. The van der Waals surface area contributed by atoms with E-state index in [0.29, 0.717) is 30.8 Å². The molecule has 1 aromatic carbocycles. The van der Waals surface area contributed by atoms with Crippen LogP contribution in [0.25, 0.3) is 0 Å². The molecule has 7 nitrogen and oxygen atoms in total. The third kappa shape index (κ3) is 5.27. The third-order valence-electron chi connectivity index (χ3n) is 7.78. The standard InChI is InChI=1S/C25H37N3O4S/c1-26(18-24(29)27(2)22-9-4-3-5-10-22)25(30)20-13-15-28(16-14-20)33(31,32)23-12-11-19-7-6-8-21(19)17-23/h11-12,17,20,22H,3-10,13-16,18H2,1-2H3. The van der Waals surface area contributed by atoms with E-state index in [-0.39, 0.29) is 30.3 Å². The fourth-order valence-electron chi connectivity index (χ4n) is 5.58. The van der Waals surface area contributed by atoms with Crippen molar-refractivity contribution in [3.63, 3.8) is 0 Å². The summed E-state index contributed by atoms with van der Waals surface area (Å²) in [6, 6.07) is 5.78.